The van der Waals surface area contributed by atoms with Gasteiger partial charge in [0.05, 0.1) is 0 Å². The van der Waals surface area contributed by atoms with Crippen LogP contribution in [0.5, 0.6) is 0 Å². The maximum atomic E-state index is 12.9. The van der Waals surface area contributed by atoms with Gasteiger partial charge < -0.3 is 10.2 Å². The Morgan fingerprint density at radius 1 is 1.12 bits per heavy atom. The van der Waals surface area contributed by atoms with E-state index in [4.69, 9.17) is 0 Å². The normalized spacial score (nSPS) is 24.5. The van der Waals surface area contributed by atoms with Gasteiger partial charge in [-0.15, -0.1) is 11.8 Å². The molecule has 1 saturated carbocycles. The third-order valence-corrected chi connectivity index (χ3v) is 6.41. The topological polar surface area (TPSA) is 49.4 Å². The highest BCUT2D eigenvalue weighted by Crippen LogP contribution is 2.42. The van der Waals surface area contributed by atoms with Crippen molar-refractivity contribution in [3.63, 3.8) is 0 Å². The summed E-state index contributed by atoms with van der Waals surface area (Å²) in [4.78, 5) is 27.6. The van der Waals surface area contributed by atoms with Crippen molar-refractivity contribution in [2.24, 2.45) is 5.92 Å². The van der Waals surface area contributed by atoms with Gasteiger partial charge in [-0.25, -0.2) is 0 Å². The summed E-state index contributed by atoms with van der Waals surface area (Å²) in [6, 6.07) is 9.95. The number of benzene rings is 1. The molecule has 0 unspecified atom stereocenters. The Hall–Kier alpha value is -1.49. The smallest absolute Gasteiger partial charge is 0.243 e. The standard InChI is InChI=1S/C20H28N2O2S/c1-14(2)19(24)22-17(18(23)21-16-11-7-4-8-12-16)13-25-20(22)15-9-5-3-6-10-15/h3,5-6,9-10,14,16-17,20H,4,7-8,11-13H2,1-2H3,(H,21,23)/t17-,20-/m1/s1. The van der Waals surface area contributed by atoms with Crippen LogP contribution in [0.3, 0.4) is 0 Å². The van der Waals surface area contributed by atoms with E-state index in [0.717, 1.165) is 18.4 Å². The lowest BCUT2D eigenvalue weighted by atomic mass is 9.95. The zero-order chi connectivity index (χ0) is 17.8. The van der Waals surface area contributed by atoms with E-state index in [1.165, 1.54) is 19.3 Å². The first-order valence-corrected chi connectivity index (χ1v) is 10.4. The lowest BCUT2D eigenvalue weighted by molar-refractivity contribution is -0.142. The summed E-state index contributed by atoms with van der Waals surface area (Å²) in [5, 5.41) is 3.14. The summed E-state index contributed by atoms with van der Waals surface area (Å²) in [6.07, 6.45) is 5.76. The molecule has 1 aromatic carbocycles. The van der Waals surface area contributed by atoms with E-state index >= 15 is 0 Å². The summed E-state index contributed by atoms with van der Waals surface area (Å²) in [5.74, 6) is 0.626. The third kappa shape index (κ3) is 4.20. The summed E-state index contributed by atoms with van der Waals surface area (Å²) >= 11 is 1.69. The summed E-state index contributed by atoms with van der Waals surface area (Å²) in [6.45, 7) is 3.81. The molecular weight excluding hydrogens is 332 g/mol. The van der Waals surface area contributed by atoms with E-state index in [1.54, 1.807) is 11.8 Å². The number of carbonyl (C=O) groups is 2. The average molecular weight is 361 g/mol. The molecule has 1 saturated heterocycles. The van der Waals surface area contributed by atoms with Gasteiger partial charge in [0.2, 0.25) is 11.8 Å². The van der Waals surface area contributed by atoms with Crippen molar-refractivity contribution in [1.82, 2.24) is 10.2 Å². The molecule has 1 heterocycles. The van der Waals surface area contributed by atoms with Crippen LogP contribution in [-0.2, 0) is 9.59 Å². The molecule has 0 aromatic heterocycles. The SMILES string of the molecule is CC(C)C(=O)N1[C@@H](C(=O)NC2CCCCC2)CS[C@@H]1c1ccccc1. The van der Waals surface area contributed by atoms with E-state index in [0.29, 0.717) is 5.75 Å². The van der Waals surface area contributed by atoms with Crippen LogP contribution in [0.25, 0.3) is 0 Å². The maximum Gasteiger partial charge on any atom is 0.243 e. The fraction of sp³-hybridized carbons (Fsp3) is 0.600. The molecule has 0 bridgehead atoms. The molecule has 2 fully saturated rings. The van der Waals surface area contributed by atoms with Crippen molar-refractivity contribution in [3.8, 4) is 0 Å². The lowest BCUT2D eigenvalue weighted by Gasteiger charge is -2.32. The Morgan fingerprint density at radius 3 is 2.44 bits per heavy atom. The molecule has 0 radical (unpaired) electrons. The Balaban J connectivity index is 1.77. The second-order valence-electron chi connectivity index (χ2n) is 7.36. The van der Waals surface area contributed by atoms with Crippen LogP contribution in [0.1, 0.15) is 56.9 Å². The predicted octanol–water partition coefficient (Wildman–Crippen LogP) is 3.73. The monoisotopic (exact) mass is 360 g/mol. The summed E-state index contributed by atoms with van der Waals surface area (Å²) in [7, 11) is 0. The first-order valence-electron chi connectivity index (χ1n) is 9.37. The van der Waals surface area contributed by atoms with Crippen molar-refractivity contribution in [2.45, 2.75) is 63.4 Å². The van der Waals surface area contributed by atoms with Crippen LogP contribution in [0.4, 0.5) is 0 Å². The second-order valence-corrected chi connectivity index (χ2v) is 8.47. The van der Waals surface area contributed by atoms with Gasteiger partial charge in [0, 0.05) is 17.7 Å². The van der Waals surface area contributed by atoms with Crippen LogP contribution in [0.15, 0.2) is 30.3 Å². The number of carbonyl (C=O) groups excluding carboxylic acids is 2. The molecule has 0 spiro atoms. The minimum atomic E-state index is -0.368. The molecule has 5 heteroatoms. The van der Waals surface area contributed by atoms with Crippen molar-refractivity contribution in [1.29, 1.82) is 0 Å². The van der Waals surface area contributed by atoms with Gasteiger partial charge >= 0.3 is 0 Å². The highest BCUT2D eigenvalue weighted by Gasteiger charge is 2.43. The number of thioether (sulfide) groups is 1. The van der Waals surface area contributed by atoms with E-state index in [-0.39, 0.29) is 35.2 Å². The lowest BCUT2D eigenvalue weighted by Crippen LogP contribution is -2.51. The van der Waals surface area contributed by atoms with Crippen molar-refractivity contribution in [3.05, 3.63) is 35.9 Å². The third-order valence-electron chi connectivity index (χ3n) is 5.09. The molecular formula is C20H28N2O2S. The quantitative estimate of drug-likeness (QED) is 0.890. The summed E-state index contributed by atoms with van der Waals surface area (Å²) < 4.78 is 0. The first kappa shape index (κ1) is 18.3. The molecule has 25 heavy (non-hydrogen) atoms. The second kappa shape index (κ2) is 8.26. The maximum absolute atomic E-state index is 12.9. The van der Waals surface area contributed by atoms with Gasteiger partial charge in [-0.2, -0.15) is 0 Å². The molecule has 1 N–H and O–H groups in total. The number of hydrogen-bond acceptors (Lipinski definition) is 3. The fourth-order valence-electron chi connectivity index (χ4n) is 3.69. The van der Waals surface area contributed by atoms with Gasteiger partial charge in [-0.3, -0.25) is 9.59 Å². The van der Waals surface area contributed by atoms with Crippen LogP contribution >= 0.6 is 11.8 Å². The molecule has 3 rings (SSSR count). The van der Waals surface area contributed by atoms with Crippen LogP contribution < -0.4 is 5.32 Å². The zero-order valence-electron chi connectivity index (χ0n) is 15.1. The van der Waals surface area contributed by atoms with Gasteiger partial charge in [0.25, 0.3) is 0 Å². The van der Waals surface area contributed by atoms with E-state index in [2.05, 4.69) is 5.32 Å². The Morgan fingerprint density at radius 2 is 1.80 bits per heavy atom. The predicted molar refractivity (Wildman–Crippen MR) is 102 cm³/mol. The van der Waals surface area contributed by atoms with Crippen LogP contribution in [0, 0.1) is 5.92 Å². The van der Waals surface area contributed by atoms with E-state index < -0.39 is 0 Å². The largest absolute Gasteiger partial charge is 0.352 e. The summed E-state index contributed by atoms with van der Waals surface area (Å²) in [5.41, 5.74) is 1.09. The average Bonchev–Trinajstić information content (AvgIpc) is 3.07. The van der Waals surface area contributed by atoms with E-state index in [1.807, 2.05) is 49.1 Å². The minimum Gasteiger partial charge on any atom is -0.352 e. The Kier molecular flexibility index (Phi) is 6.05. The first-order chi connectivity index (χ1) is 12.1. The van der Waals surface area contributed by atoms with Crippen molar-refractivity contribution < 1.29 is 9.59 Å². The zero-order valence-corrected chi connectivity index (χ0v) is 15.9. The van der Waals surface area contributed by atoms with Gasteiger partial charge in [0.1, 0.15) is 11.4 Å². The molecule has 1 aromatic rings. The van der Waals surface area contributed by atoms with Gasteiger partial charge in [-0.05, 0) is 18.4 Å². The number of amides is 2. The fourth-order valence-corrected chi connectivity index (χ4v) is 5.13. The van der Waals surface area contributed by atoms with Crippen LogP contribution in [0.2, 0.25) is 0 Å². The number of hydrogen-bond donors (Lipinski definition) is 1. The minimum absolute atomic E-state index is 0.0202. The molecule has 1 aliphatic carbocycles. The van der Waals surface area contributed by atoms with Gasteiger partial charge in [0.15, 0.2) is 0 Å². The Bertz CT molecular complexity index is 599. The molecule has 4 nitrogen and oxygen atoms in total. The number of nitrogens with one attached hydrogen (secondary N) is 1. The van der Waals surface area contributed by atoms with Crippen LogP contribution in [-0.4, -0.2) is 34.6 Å². The van der Waals surface area contributed by atoms with E-state index in [9.17, 15) is 9.59 Å². The molecule has 136 valence electrons. The molecule has 1 aliphatic heterocycles. The Labute approximate surface area is 154 Å². The van der Waals surface area contributed by atoms with Crippen molar-refractivity contribution in [2.75, 3.05) is 5.75 Å². The highest BCUT2D eigenvalue weighted by atomic mass is 32.2. The number of rotatable bonds is 4. The van der Waals surface area contributed by atoms with Gasteiger partial charge in [-0.1, -0.05) is 63.4 Å². The number of nitrogens with zero attached hydrogens (tertiary/aromatic N) is 1. The molecule has 2 aliphatic rings. The highest BCUT2D eigenvalue weighted by molar-refractivity contribution is 7.99. The molecule has 2 atom stereocenters. The van der Waals surface area contributed by atoms with Crippen molar-refractivity contribution >= 4 is 23.6 Å². The molecule has 2 amide bonds.